The van der Waals surface area contributed by atoms with Crippen LogP contribution >= 0.6 is 0 Å². The van der Waals surface area contributed by atoms with Gasteiger partial charge in [-0.3, -0.25) is 9.59 Å². The molecule has 0 heterocycles. The molecule has 3 N–H and O–H groups in total. The topological polar surface area (TPSA) is 95.9 Å². The highest BCUT2D eigenvalue weighted by Gasteiger charge is 2.18. The van der Waals surface area contributed by atoms with Crippen molar-refractivity contribution in [3.8, 4) is 0 Å². The smallest absolute Gasteiger partial charge is 0.305 e. The van der Waals surface area contributed by atoms with E-state index in [1.165, 1.54) is 340 Å². The van der Waals surface area contributed by atoms with Gasteiger partial charge in [0.25, 0.3) is 0 Å². The molecular formula is C75H143NO5. The number of allylic oxidation sites excluding steroid dienone is 5. The normalized spacial score (nSPS) is 12.7. The number of carbonyl (C=O) groups is 2. The summed E-state index contributed by atoms with van der Waals surface area (Å²) in [7, 11) is 0. The molecule has 0 saturated carbocycles. The number of esters is 1. The Morgan fingerprint density at radius 1 is 0.333 bits per heavy atom. The Labute approximate surface area is 506 Å². The van der Waals surface area contributed by atoms with E-state index in [1.54, 1.807) is 6.08 Å². The molecule has 0 aromatic rings. The van der Waals surface area contributed by atoms with Gasteiger partial charge in [-0.25, -0.2) is 0 Å². The first kappa shape index (κ1) is 79.1. The molecule has 0 aliphatic rings. The van der Waals surface area contributed by atoms with E-state index in [-0.39, 0.29) is 18.5 Å². The van der Waals surface area contributed by atoms with Crippen LogP contribution in [-0.2, 0) is 14.3 Å². The van der Waals surface area contributed by atoms with Gasteiger partial charge in [0.1, 0.15) is 0 Å². The average molecular weight is 1140 g/mol. The molecule has 6 nitrogen and oxygen atoms in total. The summed E-state index contributed by atoms with van der Waals surface area (Å²) >= 11 is 0. The van der Waals surface area contributed by atoms with Crippen molar-refractivity contribution in [2.24, 2.45) is 0 Å². The first-order valence-corrected chi connectivity index (χ1v) is 36.8. The van der Waals surface area contributed by atoms with Crippen molar-refractivity contribution in [2.75, 3.05) is 13.2 Å². The zero-order valence-corrected chi connectivity index (χ0v) is 54.8. The van der Waals surface area contributed by atoms with Crippen LogP contribution < -0.4 is 5.32 Å². The minimum atomic E-state index is -0.846. The van der Waals surface area contributed by atoms with Crippen LogP contribution in [0.2, 0.25) is 0 Å². The largest absolute Gasteiger partial charge is 0.466 e. The lowest BCUT2D eigenvalue weighted by atomic mass is 10.0. The third-order valence-corrected chi connectivity index (χ3v) is 17.1. The van der Waals surface area contributed by atoms with Crippen LogP contribution in [0.5, 0.6) is 0 Å². The predicted octanol–water partition coefficient (Wildman–Crippen LogP) is 23.9. The highest BCUT2D eigenvalue weighted by atomic mass is 16.5. The molecule has 2 unspecified atom stereocenters. The molecule has 2 atom stereocenters. The molecule has 0 spiro atoms. The lowest BCUT2D eigenvalue weighted by Gasteiger charge is -2.20. The minimum absolute atomic E-state index is 0.0149. The number of nitrogens with one attached hydrogen (secondary N) is 1. The number of hydrogen-bond acceptors (Lipinski definition) is 5. The Kier molecular flexibility index (Phi) is 68.9. The van der Waals surface area contributed by atoms with Gasteiger partial charge >= 0.3 is 5.97 Å². The Balaban J connectivity index is 3.39. The van der Waals surface area contributed by atoms with Gasteiger partial charge in [-0.1, -0.05) is 346 Å². The van der Waals surface area contributed by atoms with E-state index in [9.17, 15) is 19.8 Å². The number of rotatable bonds is 69. The van der Waals surface area contributed by atoms with Gasteiger partial charge in [0.05, 0.1) is 25.4 Å². The Bertz CT molecular complexity index is 1310. The van der Waals surface area contributed by atoms with Crippen LogP contribution in [-0.4, -0.2) is 47.4 Å². The number of hydrogen-bond donors (Lipinski definition) is 3. The molecule has 1 amide bonds. The Hall–Kier alpha value is -1.92. The summed E-state index contributed by atoms with van der Waals surface area (Å²) in [6.45, 7) is 4.94. The minimum Gasteiger partial charge on any atom is -0.466 e. The van der Waals surface area contributed by atoms with Crippen molar-refractivity contribution in [2.45, 2.75) is 418 Å². The van der Waals surface area contributed by atoms with E-state index < -0.39 is 12.1 Å². The standard InChI is InChI=1S/C75H143NO5/c1-3-5-7-9-11-13-15-17-19-21-32-37-41-45-49-53-57-61-65-69-75(80)81-70-66-62-58-54-50-46-42-38-34-31-29-27-25-23-24-26-28-30-33-36-40-44-48-52-56-60-64-68-74(79)76-72(71-77)73(78)67-63-59-55-51-47-43-39-35-22-20-18-16-14-12-10-8-6-4-2/h17,19,23-24,63,67,72-73,77-78H,3-16,18,20-22,25-62,64-66,68-71H2,1-2H3,(H,76,79)/b19-17-,24-23-,67-63+. The SMILES string of the molecule is CCCCCCCC/C=C\CCCCCCCCCCCC(=O)OCCCCCCCCCCCCCC/C=C\CCCCCCCCCCCCCC(=O)NC(CO)C(O)/C=C/CCCCCCCCCCCCCCCCCC. The van der Waals surface area contributed by atoms with Crippen LogP contribution in [0.25, 0.3) is 0 Å². The van der Waals surface area contributed by atoms with Crippen LogP contribution in [0.3, 0.4) is 0 Å². The molecule has 0 aliphatic heterocycles. The van der Waals surface area contributed by atoms with E-state index >= 15 is 0 Å². The Morgan fingerprint density at radius 2 is 0.580 bits per heavy atom. The summed E-state index contributed by atoms with van der Waals surface area (Å²) in [6, 6.07) is -0.629. The number of aliphatic hydroxyl groups excluding tert-OH is 2. The zero-order chi connectivity index (χ0) is 58.5. The average Bonchev–Trinajstić information content (AvgIpc) is 3.47. The van der Waals surface area contributed by atoms with Crippen molar-refractivity contribution in [1.82, 2.24) is 5.32 Å². The van der Waals surface area contributed by atoms with Crippen LogP contribution in [0.4, 0.5) is 0 Å². The quantitative estimate of drug-likeness (QED) is 0.0320. The van der Waals surface area contributed by atoms with E-state index in [0.29, 0.717) is 19.4 Å². The molecule has 6 heteroatoms. The first-order valence-electron chi connectivity index (χ1n) is 36.8. The van der Waals surface area contributed by atoms with Crippen LogP contribution in [0.1, 0.15) is 406 Å². The fraction of sp³-hybridized carbons (Fsp3) is 0.893. The van der Waals surface area contributed by atoms with Crippen LogP contribution in [0, 0.1) is 0 Å². The van der Waals surface area contributed by atoms with Gasteiger partial charge in [-0.05, 0) is 83.5 Å². The maximum atomic E-state index is 12.5. The predicted molar refractivity (Wildman–Crippen MR) is 356 cm³/mol. The first-order chi connectivity index (χ1) is 40.0. The summed E-state index contributed by atoms with van der Waals surface area (Å²) < 4.78 is 5.51. The zero-order valence-electron chi connectivity index (χ0n) is 54.8. The summed E-state index contributed by atoms with van der Waals surface area (Å²) in [5.74, 6) is -0.0508. The highest BCUT2D eigenvalue weighted by Crippen LogP contribution is 2.18. The summed E-state index contributed by atoms with van der Waals surface area (Å²) in [5.41, 5.74) is 0. The second kappa shape index (κ2) is 70.6. The number of amides is 1. The second-order valence-electron chi connectivity index (χ2n) is 25.3. The maximum Gasteiger partial charge on any atom is 0.305 e. The van der Waals surface area contributed by atoms with E-state index in [4.69, 9.17) is 4.74 Å². The monoisotopic (exact) mass is 1140 g/mol. The van der Waals surface area contributed by atoms with Crippen molar-refractivity contribution < 1.29 is 24.5 Å². The molecule has 81 heavy (non-hydrogen) atoms. The van der Waals surface area contributed by atoms with Gasteiger partial charge in [0, 0.05) is 12.8 Å². The molecule has 0 fully saturated rings. The number of unbranched alkanes of at least 4 members (excludes halogenated alkanes) is 54. The summed E-state index contributed by atoms with van der Waals surface area (Å²) in [4.78, 5) is 24.6. The molecule has 0 aromatic carbocycles. The van der Waals surface area contributed by atoms with Crippen molar-refractivity contribution >= 4 is 11.9 Å². The molecule has 0 aromatic heterocycles. The van der Waals surface area contributed by atoms with Gasteiger partial charge in [-0.2, -0.15) is 0 Å². The van der Waals surface area contributed by atoms with E-state index in [0.717, 1.165) is 38.5 Å². The Morgan fingerprint density at radius 3 is 0.877 bits per heavy atom. The number of carbonyl (C=O) groups excluding carboxylic acids is 2. The van der Waals surface area contributed by atoms with Crippen molar-refractivity contribution in [3.63, 3.8) is 0 Å². The number of aliphatic hydroxyl groups is 2. The summed E-state index contributed by atoms with van der Waals surface area (Å²) in [5, 5.41) is 23.2. The third-order valence-electron chi connectivity index (χ3n) is 17.1. The van der Waals surface area contributed by atoms with E-state index in [1.807, 2.05) is 6.08 Å². The third kappa shape index (κ3) is 67.1. The van der Waals surface area contributed by atoms with Crippen molar-refractivity contribution in [1.29, 1.82) is 0 Å². The lowest BCUT2D eigenvalue weighted by molar-refractivity contribution is -0.143. The summed E-state index contributed by atoms with van der Waals surface area (Å²) in [6.07, 6.45) is 90.9. The molecular weight excluding hydrogens is 995 g/mol. The fourth-order valence-corrected chi connectivity index (χ4v) is 11.5. The molecule has 0 aliphatic carbocycles. The molecule has 0 bridgehead atoms. The number of ether oxygens (including phenoxy) is 1. The second-order valence-corrected chi connectivity index (χ2v) is 25.3. The molecule has 478 valence electrons. The van der Waals surface area contributed by atoms with E-state index in [2.05, 4.69) is 43.5 Å². The highest BCUT2D eigenvalue weighted by molar-refractivity contribution is 5.76. The lowest BCUT2D eigenvalue weighted by Crippen LogP contribution is -2.45. The van der Waals surface area contributed by atoms with Crippen molar-refractivity contribution in [3.05, 3.63) is 36.5 Å². The molecule has 0 rings (SSSR count). The van der Waals surface area contributed by atoms with Crippen LogP contribution in [0.15, 0.2) is 36.5 Å². The molecule has 0 saturated heterocycles. The van der Waals surface area contributed by atoms with Gasteiger partial charge in [0.15, 0.2) is 0 Å². The maximum absolute atomic E-state index is 12.5. The van der Waals surface area contributed by atoms with Gasteiger partial charge in [-0.15, -0.1) is 0 Å². The van der Waals surface area contributed by atoms with Gasteiger partial charge < -0.3 is 20.3 Å². The van der Waals surface area contributed by atoms with Gasteiger partial charge in [0.2, 0.25) is 5.91 Å². The fourth-order valence-electron chi connectivity index (χ4n) is 11.5. The molecule has 0 radical (unpaired) electrons.